The maximum absolute atomic E-state index is 13.6. The van der Waals surface area contributed by atoms with Crippen LogP contribution >= 0.6 is 11.6 Å². The van der Waals surface area contributed by atoms with Gasteiger partial charge in [0.15, 0.2) is 0 Å². The third kappa shape index (κ3) is 2.96. The van der Waals surface area contributed by atoms with E-state index in [2.05, 4.69) is 4.90 Å². The molecule has 5 heteroatoms. The summed E-state index contributed by atoms with van der Waals surface area (Å²) in [4.78, 5) is 14.4. The molecule has 1 amide bonds. The fourth-order valence-electron chi connectivity index (χ4n) is 1.93. The topological polar surface area (TPSA) is 23.6 Å². The number of carbonyl (C=O) groups is 1. The molecule has 0 unspecified atom stereocenters. The zero-order chi connectivity index (χ0) is 12.3. The third-order valence-electron chi connectivity index (χ3n) is 3.00. The first kappa shape index (κ1) is 12.3. The van der Waals surface area contributed by atoms with Crippen LogP contribution in [0, 0.1) is 5.82 Å². The molecule has 0 aliphatic carbocycles. The summed E-state index contributed by atoms with van der Waals surface area (Å²) in [7, 11) is 0. The van der Waals surface area contributed by atoms with E-state index in [1.807, 2.05) is 0 Å². The van der Waals surface area contributed by atoms with Gasteiger partial charge in [0, 0.05) is 43.3 Å². The molecular weight excluding hydrogens is 243 g/mol. The Bertz CT molecular complexity index is 385. The van der Waals surface area contributed by atoms with Crippen LogP contribution in [0.2, 0.25) is 5.02 Å². The maximum Gasteiger partial charge on any atom is 0.209 e. The summed E-state index contributed by atoms with van der Waals surface area (Å²) in [6, 6.07) is 4.72. The Morgan fingerprint density at radius 3 is 2.59 bits per heavy atom. The first-order valence-corrected chi connectivity index (χ1v) is 5.93. The third-order valence-corrected chi connectivity index (χ3v) is 3.35. The summed E-state index contributed by atoms with van der Waals surface area (Å²) in [6.45, 7) is 3.39. The van der Waals surface area contributed by atoms with E-state index in [0.717, 1.165) is 19.5 Å². The van der Waals surface area contributed by atoms with Gasteiger partial charge < -0.3 is 4.90 Å². The van der Waals surface area contributed by atoms with Crippen molar-refractivity contribution in [3.05, 3.63) is 34.6 Å². The Morgan fingerprint density at radius 1 is 1.29 bits per heavy atom. The molecule has 0 aromatic heterocycles. The minimum atomic E-state index is -0.268. The van der Waals surface area contributed by atoms with E-state index in [1.165, 1.54) is 6.07 Å². The summed E-state index contributed by atoms with van der Waals surface area (Å²) in [5.74, 6) is -0.268. The molecule has 1 aliphatic rings. The number of halogens is 2. The van der Waals surface area contributed by atoms with Crippen LogP contribution in [0.4, 0.5) is 4.39 Å². The smallest absolute Gasteiger partial charge is 0.209 e. The number of rotatable bonds is 3. The molecule has 92 valence electrons. The minimum absolute atomic E-state index is 0.268. The van der Waals surface area contributed by atoms with Crippen molar-refractivity contribution in [2.45, 2.75) is 6.54 Å². The zero-order valence-corrected chi connectivity index (χ0v) is 10.2. The van der Waals surface area contributed by atoms with E-state index >= 15 is 0 Å². The lowest BCUT2D eigenvalue weighted by molar-refractivity contribution is -0.119. The summed E-state index contributed by atoms with van der Waals surface area (Å²) >= 11 is 5.97. The molecule has 1 heterocycles. The van der Waals surface area contributed by atoms with Crippen LogP contribution in [0.5, 0.6) is 0 Å². The van der Waals surface area contributed by atoms with Gasteiger partial charge in [-0.15, -0.1) is 0 Å². The fraction of sp³-hybridized carbons (Fsp3) is 0.417. The summed E-state index contributed by atoms with van der Waals surface area (Å²) in [6.07, 6.45) is 0.855. The standard InChI is InChI=1S/C12H14ClFN2O/c13-11-2-1-3-12(14)10(11)8-15-4-6-16(9-17)7-5-15/h1-3,9H,4-8H2. The largest absolute Gasteiger partial charge is 0.343 e. The van der Waals surface area contributed by atoms with Crippen LogP contribution in [0.25, 0.3) is 0 Å². The predicted octanol–water partition coefficient (Wildman–Crippen LogP) is 1.75. The highest BCUT2D eigenvalue weighted by Crippen LogP contribution is 2.21. The average molecular weight is 257 g/mol. The van der Waals surface area contributed by atoms with Gasteiger partial charge in [-0.2, -0.15) is 0 Å². The molecular formula is C12H14ClFN2O. The van der Waals surface area contributed by atoms with E-state index in [1.54, 1.807) is 17.0 Å². The van der Waals surface area contributed by atoms with Gasteiger partial charge in [0.1, 0.15) is 5.82 Å². The number of amides is 1. The van der Waals surface area contributed by atoms with E-state index in [0.29, 0.717) is 30.2 Å². The van der Waals surface area contributed by atoms with E-state index in [9.17, 15) is 9.18 Å². The molecule has 1 aliphatic heterocycles. The number of benzene rings is 1. The number of carbonyl (C=O) groups excluding carboxylic acids is 1. The molecule has 0 spiro atoms. The van der Waals surface area contributed by atoms with Crippen molar-refractivity contribution in [2.24, 2.45) is 0 Å². The molecule has 0 bridgehead atoms. The Kier molecular flexibility index (Phi) is 3.97. The quantitative estimate of drug-likeness (QED) is 0.770. The molecule has 0 radical (unpaired) electrons. The highest BCUT2D eigenvalue weighted by atomic mass is 35.5. The Balaban J connectivity index is 2.00. The van der Waals surface area contributed by atoms with Crippen LogP contribution in [-0.2, 0) is 11.3 Å². The van der Waals surface area contributed by atoms with Gasteiger partial charge in [0.05, 0.1) is 0 Å². The van der Waals surface area contributed by atoms with Gasteiger partial charge in [0.2, 0.25) is 6.41 Å². The summed E-state index contributed by atoms with van der Waals surface area (Å²) in [5.41, 5.74) is 0.536. The molecule has 3 nitrogen and oxygen atoms in total. The van der Waals surface area contributed by atoms with Gasteiger partial charge in [-0.1, -0.05) is 17.7 Å². The molecule has 0 atom stereocenters. The molecule has 1 aromatic carbocycles. The number of piperazine rings is 1. The second-order valence-electron chi connectivity index (χ2n) is 4.12. The minimum Gasteiger partial charge on any atom is -0.343 e. The fourth-order valence-corrected chi connectivity index (χ4v) is 2.16. The number of hydrogen-bond donors (Lipinski definition) is 0. The molecule has 1 saturated heterocycles. The Hall–Kier alpha value is -1.13. The maximum atomic E-state index is 13.6. The van der Waals surface area contributed by atoms with Crippen molar-refractivity contribution < 1.29 is 9.18 Å². The molecule has 1 fully saturated rings. The van der Waals surface area contributed by atoms with Crippen LogP contribution < -0.4 is 0 Å². The van der Waals surface area contributed by atoms with Gasteiger partial charge in [0.25, 0.3) is 0 Å². The first-order chi connectivity index (χ1) is 8.20. The SMILES string of the molecule is O=CN1CCN(Cc2c(F)cccc2Cl)CC1. The van der Waals surface area contributed by atoms with E-state index in [4.69, 9.17) is 11.6 Å². The van der Waals surface area contributed by atoms with E-state index in [-0.39, 0.29) is 5.82 Å². The van der Waals surface area contributed by atoms with Crippen molar-refractivity contribution in [1.82, 2.24) is 9.80 Å². The number of nitrogens with zero attached hydrogens (tertiary/aromatic N) is 2. The number of hydrogen-bond acceptors (Lipinski definition) is 2. The van der Waals surface area contributed by atoms with Crippen molar-refractivity contribution in [1.29, 1.82) is 0 Å². The van der Waals surface area contributed by atoms with Crippen molar-refractivity contribution >= 4 is 18.0 Å². The monoisotopic (exact) mass is 256 g/mol. The average Bonchev–Trinajstić information content (AvgIpc) is 2.35. The lowest BCUT2D eigenvalue weighted by atomic mass is 10.2. The lowest BCUT2D eigenvalue weighted by Gasteiger charge is -2.32. The molecule has 2 rings (SSSR count). The van der Waals surface area contributed by atoms with Crippen molar-refractivity contribution in [2.75, 3.05) is 26.2 Å². The summed E-state index contributed by atoms with van der Waals surface area (Å²) in [5, 5.41) is 0.461. The lowest BCUT2D eigenvalue weighted by Crippen LogP contribution is -2.45. The Morgan fingerprint density at radius 2 is 2.00 bits per heavy atom. The van der Waals surface area contributed by atoms with Crippen LogP contribution in [0.3, 0.4) is 0 Å². The first-order valence-electron chi connectivity index (χ1n) is 5.55. The molecule has 0 N–H and O–H groups in total. The summed E-state index contributed by atoms with van der Waals surface area (Å²) < 4.78 is 13.6. The van der Waals surface area contributed by atoms with Gasteiger partial charge in [-0.25, -0.2) is 4.39 Å². The highest BCUT2D eigenvalue weighted by molar-refractivity contribution is 6.31. The van der Waals surface area contributed by atoms with Gasteiger partial charge in [-0.05, 0) is 12.1 Å². The molecule has 17 heavy (non-hydrogen) atoms. The van der Waals surface area contributed by atoms with Crippen molar-refractivity contribution in [3.8, 4) is 0 Å². The van der Waals surface area contributed by atoms with E-state index < -0.39 is 0 Å². The predicted molar refractivity (Wildman–Crippen MR) is 64.3 cm³/mol. The molecule has 0 saturated carbocycles. The van der Waals surface area contributed by atoms with Gasteiger partial charge >= 0.3 is 0 Å². The normalized spacial score (nSPS) is 17.2. The van der Waals surface area contributed by atoms with Crippen LogP contribution in [-0.4, -0.2) is 42.4 Å². The second kappa shape index (κ2) is 5.47. The Labute approximate surface area is 105 Å². The highest BCUT2D eigenvalue weighted by Gasteiger charge is 2.17. The second-order valence-corrected chi connectivity index (χ2v) is 4.52. The zero-order valence-electron chi connectivity index (χ0n) is 9.40. The van der Waals surface area contributed by atoms with Crippen LogP contribution in [0.15, 0.2) is 18.2 Å². The van der Waals surface area contributed by atoms with Gasteiger partial charge in [-0.3, -0.25) is 9.69 Å². The molecule has 1 aromatic rings. The van der Waals surface area contributed by atoms with Crippen molar-refractivity contribution in [3.63, 3.8) is 0 Å². The van der Waals surface area contributed by atoms with Crippen LogP contribution in [0.1, 0.15) is 5.56 Å².